The Morgan fingerprint density at radius 3 is 2.81 bits per heavy atom. The Labute approximate surface area is 91.9 Å². The molecule has 1 aromatic carbocycles. The number of carboxylic acid groups (broad SMARTS) is 1. The van der Waals surface area contributed by atoms with Gasteiger partial charge in [0.1, 0.15) is 0 Å². The average Bonchev–Trinajstić information content (AvgIpc) is 2.28. The van der Waals surface area contributed by atoms with Crippen LogP contribution in [0, 0.1) is 0 Å². The first-order valence-electron chi connectivity index (χ1n) is 4.45. The van der Waals surface area contributed by atoms with Gasteiger partial charge >= 0.3 is 5.97 Å². The Hall–Kier alpha value is -2.04. The second-order valence-electron chi connectivity index (χ2n) is 2.84. The Morgan fingerprint density at radius 1 is 1.50 bits per heavy atom. The number of aliphatic carboxylic acids is 1. The predicted octanol–water partition coefficient (Wildman–Crippen LogP) is 2.10. The van der Waals surface area contributed by atoms with Crippen molar-refractivity contribution in [3.63, 3.8) is 0 Å². The summed E-state index contributed by atoms with van der Waals surface area (Å²) in [6.07, 6.45) is 2.41. The fraction of sp³-hybridized carbons (Fsp3) is 0.182. The molecule has 0 bridgehead atoms. The van der Waals surface area contributed by atoms with Crippen LogP contribution in [-0.4, -0.2) is 25.0 Å². The maximum absolute atomic E-state index is 12.0. The molecular weight excluding hydrogens is 215 g/mol. The van der Waals surface area contributed by atoms with E-state index in [4.69, 9.17) is 9.84 Å². The molecule has 4 nitrogen and oxygen atoms in total. The highest BCUT2D eigenvalue weighted by atomic mass is 19.1. The molecule has 0 unspecified atom stereocenters. The largest absolute Gasteiger partial charge is 0.493 e. The summed E-state index contributed by atoms with van der Waals surface area (Å²) in [4.78, 5) is 10.3. The van der Waals surface area contributed by atoms with Crippen molar-refractivity contribution in [2.75, 3.05) is 14.0 Å². The van der Waals surface area contributed by atoms with Crippen molar-refractivity contribution >= 4 is 12.0 Å². The third-order valence-electron chi connectivity index (χ3n) is 1.82. The molecule has 1 rings (SSSR count). The van der Waals surface area contributed by atoms with Crippen LogP contribution in [0.1, 0.15) is 5.56 Å². The van der Waals surface area contributed by atoms with Crippen LogP contribution in [0.5, 0.6) is 11.5 Å². The summed E-state index contributed by atoms with van der Waals surface area (Å²) in [5.74, 6) is -0.411. The van der Waals surface area contributed by atoms with Gasteiger partial charge in [-0.25, -0.2) is 9.18 Å². The Morgan fingerprint density at radius 2 is 2.25 bits per heavy atom. The maximum atomic E-state index is 12.0. The van der Waals surface area contributed by atoms with Crippen LogP contribution in [0.15, 0.2) is 24.3 Å². The minimum atomic E-state index is -1.04. The van der Waals surface area contributed by atoms with Gasteiger partial charge in [-0.15, -0.1) is 0 Å². The van der Waals surface area contributed by atoms with E-state index in [-0.39, 0.29) is 5.75 Å². The first-order valence-corrected chi connectivity index (χ1v) is 4.45. The van der Waals surface area contributed by atoms with Gasteiger partial charge in [-0.05, 0) is 23.8 Å². The van der Waals surface area contributed by atoms with Gasteiger partial charge in [0.15, 0.2) is 11.5 Å². The van der Waals surface area contributed by atoms with E-state index in [0.717, 1.165) is 6.08 Å². The van der Waals surface area contributed by atoms with E-state index in [1.807, 2.05) is 0 Å². The molecule has 0 saturated carbocycles. The number of benzene rings is 1. The number of rotatable bonds is 5. The molecule has 16 heavy (non-hydrogen) atoms. The van der Waals surface area contributed by atoms with E-state index in [1.165, 1.54) is 19.3 Å². The zero-order valence-corrected chi connectivity index (χ0v) is 8.64. The van der Waals surface area contributed by atoms with E-state index < -0.39 is 12.8 Å². The summed E-state index contributed by atoms with van der Waals surface area (Å²) in [5.41, 5.74) is 0.630. The van der Waals surface area contributed by atoms with E-state index in [0.29, 0.717) is 11.3 Å². The molecule has 0 aliphatic rings. The van der Waals surface area contributed by atoms with Crippen molar-refractivity contribution in [1.29, 1.82) is 0 Å². The number of hydrogen-bond acceptors (Lipinski definition) is 3. The third kappa shape index (κ3) is 3.27. The number of carbonyl (C=O) groups is 1. The molecule has 0 heterocycles. The minimum Gasteiger partial charge on any atom is -0.493 e. The lowest BCUT2D eigenvalue weighted by Crippen LogP contribution is -1.94. The van der Waals surface area contributed by atoms with Gasteiger partial charge < -0.3 is 14.6 Å². The Kier molecular flexibility index (Phi) is 4.32. The molecule has 0 fully saturated rings. The number of halogens is 1. The lowest BCUT2D eigenvalue weighted by Gasteiger charge is -2.08. The molecule has 0 radical (unpaired) electrons. The molecule has 0 aromatic heterocycles. The van der Waals surface area contributed by atoms with E-state index in [9.17, 15) is 9.18 Å². The topological polar surface area (TPSA) is 55.8 Å². The van der Waals surface area contributed by atoms with Crippen molar-refractivity contribution in [2.45, 2.75) is 0 Å². The maximum Gasteiger partial charge on any atom is 0.328 e. The molecule has 86 valence electrons. The molecule has 5 heteroatoms. The molecular formula is C11H11FO4. The second-order valence-corrected chi connectivity index (χ2v) is 2.84. The van der Waals surface area contributed by atoms with Crippen LogP contribution in [0.3, 0.4) is 0 Å². The van der Waals surface area contributed by atoms with Gasteiger partial charge in [-0.2, -0.15) is 0 Å². The van der Waals surface area contributed by atoms with Crippen LogP contribution in [0.25, 0.3) is 6.08 Å². The molecule has 1 N–H and O–H groups in total. The number of carboxylic acids is 1. The highest BCUT2D eigenvalue weighted by molar-refractivity contribution is 5.85. The van der Waals surface area contributed by atoms with Crippen LogP contribution in [0.2, 0.25) is 0 Å². The molecule has 0 amide bonds. The molecule has 0 spiro atoms. The van der Waals surface area contributed by atoms with Gasteiger partial charge in [0.2, 0.25) is 6.86 Å². The molecule has 0 aliphatic carbocycles. The van der Waals surface area contributed by atoms with Crippen LogP contribution < -0.4 is 9.47 Å². The monoisotopic (exact) mass is 226 g/mol. The zero-order chi connectivity index (χ0) is 12.0. The smallest absolute Gasteiger partial charge is 0.328 e. The summed E-state index contributed by atoms with van der Waals surface area (Å²) in [6, 6.07) is 4.68. The van der Waals surface area contributed by atoms with E-state index in [2.05, 4.69) is 4.74 Å². The fourth-order valence-corrected chi connectivity index (χ4v) is 1.13. The average molecular weight is 226 g/mol. The second kappa shape index (κ2) is 5.75. The van der Waals surface area contributed by atoms with Crippen LogP contribution >= 0.6 is 0 Å². The lowest BCUT2D eigenvalue weighted by molar-refractivity contribution is -0.131. The molecule has 0 aliphatic heterocycles. The van der Waals surface area contributed by atoms with Gasteiger partial charge in [-0.1, -0.05) is 6.07 Å². The number of ether oxygens (including phenoxy) is 2. The molecule has 0 saturated heterocycles. The van der Waals surface area contributed by atoms with Gasteiger partial charge in [0.05, 0.1) is 7.11 Å². The third-order valence-corrected chi connectivity index (χ3v) is 1.82. The van der Waals surface area contributed by atoms with Gasteiger partial charge in [0, 0.05) is 6.08 Å². The van der Waals surface area contributed by atoms with Crippen molar-refractivity contribution in [3.8, 4) is 11.5 Å². The molecule has 0 atom stereocenters. The Balaban J connectivity index is 2.94. The summed E-state index contributed by atoms with van der Waals surface area (Å²) in [7, 11) is 1.42. The van der Waals surface area contributed by atoms with Gasteiger partial charge in [0.25, 0.3) is 0 Å². The zero-order valence-electron chi connectivity index (χ0n) is 8.64. The SMILES string of the molecule is COc1cc(/C=C/C(=O)O)ccc1OCF. The highest BCUT2D eigenvalue weighted by Crippen LogP contribution is 2.28. The summed E-state index contributed by atoms with van der Waals surface area (Å²) >= 11 is 0. The summed E-state index contributed by atoms with van der Waals surface area (Å²) in [6.45, 7) is -0.944. The van der Waals surface area contributed by atoms with Crippen molar-refractivity contribution in [2.24, 2.45) is 0 Å². The van der Waals surface area contributed by atoms with Crippen molar-refractivity contribution in [1.82, 2.24) is 0 Å². The summed E-state index contributed by atoms with van der Waals surface area (Å²) in [5, 5.41) is 8.45. The van der Waals surface area contributed by atoms with Gasteiger partial charge in [-0.3, -0.25) is 0 Å². The fourth-order valence-electron chi connectivity index (χ4n) is 1.13. The highest BCUT2D eigenvalue weighted by Gasteiger charge is 2.04. The first kappa shape index (κ1) is 12.0. The standard InChI is InChI=1S/C11H11FO4/c1-15-10-6-8(3-5-11(13)14)2-4-9(10)16-7-12/h2-6H,7H2,1H3,(H,13,14)/b5-3+. The van der Waals surface area contributed by atoms with Crippen LogP contribution in [0.4, 0.5) is 4.39 Å². The molecule has 1 aromatic rings. The van der Waals surface area contributed by atoms with E-state index >= 15 is 0 Å². The first-order chi connectivity index (χ1) is 7.67. The van der Waals surface area contributed by atoms with Crippen molar-refractivity contribution < 1.29 is 23.8 Å². The van der Waals surface area contributed by atoms with Crippen LogP contribution in [-0.2, 0) is 4.79 Å². The normalized spacial score (nSPS) is 10.4. The quantitative estimate of drug-likeness (QED) is 0.781. The number of methoxy groups -OCH3 is 1. The number of alkyl halides is 1. The number of hydrogen-bond donors (Lipinski definition) is 1. The van der Waals surface area contributed by atoms with E-state index in [1.54, 1.807) is 12.1 Å². The lowest BCUT2D eigenvalue weighted by atomic mass is 10.2. The predicted molar refractivity (Wildman–Crippen MR) is 56.3 cm³/mol. The van der Waals surface area contributed by atoms with Crippen molar-refractivity contribution in [3.05, 3.63) is 29.8 Å². The Bertz CT molecular complexity index is 401. The summed E-state index contributed by atoms with van der Waals surface area (Å²) < 4.78 is 21.6. The minimum absolute atomic E-state index is 0.275.